The predicted molar refractivity (Wildman–Crippen MR) is 110 cm³/mol. The van der Waals surface area contributed by atoms with Gasteiger partial charge in [-0.05, 0) is 18.7 Å². The largest absolute Gasteiger partial charge is 0.573 e. The first-order valence-corrected chi connectivity index (χ1v) is 10.6. The Morgan fingerprint density at radius 3 is 2.63 bits per heavy atom. The Labute approximate surface area is 176 Å². The molecule has 0 radical (unpaired) electrons. The van der Waals surface area contributed by atoms with Crippen LogP contribution in [0.15, 0.2) is 30.5 Å². The average molecular weight is 440 g/mol. The Kier molecular flexibility index (Phi) is 6.11. The van der Waals surface area contributed by atoms with Crippen molar-refractivity contribution in [3.63, 3.8) is 0 Å². The van der Waals surface area contributed by atoms with Crippen LogP contribution in [-0.2, 0) is 0 Å². The molecule has 0 spiro atoms. The lowest BCUT2D eigenvalue weighted by atomic mass is 10.1. The molecule has 3 aromatic rings. The summed E-state index contributed by atoms with van der Waals surface area (Å²) < 4.78 is 42.9. The lowest BCUT2D eigenvalue weighted by Gasteiger charge is -2.33. The van der Waals surface area contributed by atoms with E-state index in [1.54, 1.807) is 16.8 Å². The van der Waals surface area contributed by atoms with E-state index in [-0.39, 0.29) is 5.75 Å². The van der Waals surface area contributed by atoms with E-state index in [1.165, 1.54) is 29.5 Å². The van der Waals surface area contributed by atoms with E-state index in [4.69, 9.17) is 0 Å². The highest BCUT2D eigenvalue weighted by atomic mass is 32.1. The Hall–Kier alpha value is -2.37. The second-order valence-electron chi connectivity index (χ2n) is 7.04. The van der Waals surface area contributed by atoms with Crippen LogP contribution in [0, 0.1) is 0 Å². The fraction of sp³-hybridized carbons (Fsp3) is 0.474. The highest BCUT2D eigenvalue weighted by Gasteiger charge is 2.31. The first kappa shape index (κ1) is 20.9. The normalized spacial score (nSPS) is 16.3. The highest BCUT2D eigenvalue weighted by molar-refractivity contribution is 7.20. The molecule has 1 aliphatic rings. The van der Waals surface area contributed by atoms with Gasteiger partial charge in [0.15, 0.2) is 0 Å². The van der Waals surface area contributed by atoms with Crippen molar-refractivity contribution in [1.29, 1.82) is 0 Å². The number of hydrogen-bond donors (Lipinski definition) is 1. The maximum Gasteiger partial charge on any atom is 0.573 e. The van der Waals surface area contributed by atoms with Crippen LogP contribution in [0.1, 0.15) is 6.92 Å². The van der Waals surface area contributed by atoms with E-state index < -0.39 is 6.36 Å². The van der Waals surface area contributed by atoms with Gasteiger partial charge < -0.3 is 15.0 Å². The molecule has 162 valence electrons. The van der Waals surface area contributed by atoms with Gasteiger partial charge in [-0.3, -0.25) is 4.90 Å². The zero-order chi connectivity index (χ0) is 21.1. The molecule has 11 heteroatoms. The van der Waals surface area contributed by atoms with E-state index in [0.717, 1.165) is 50.9 Å². The van der Waals surface area contributed by atoms with Crippen LogP contribution in [-0.4, -0.2) is 76.6 Å². The van der Waals surface area contributed by atoms with E-state index in [0.29, 0.717) is 16.2 Å². The zero-order valence-corrected chi connectivity index (χ0v) is 17.3. The fourth-order valence-corrected chi connectivity index (χ4v) is 4.22. The summed E-state index contributed by atoms with van der Waals surface area (Å²) >= 11 is 1.41. The molecule has 0 atom stereocenters. The van der Waals surface area contributed by atoms with Gasteiger partial charge in [-0.2, -0.15) is 0 Å². The minimum atomic E-state index is -4.72. The van der Waals surface area contributed by atoms with Crippen LogP contribution >= 0.6 is 11.3 Å². The summed E-state index contributed by atoms with van der Waals surface area (Å²) in [6.07, 6.45) is -3.02. The smallest absolute Gasteiger partial charge is 0.406 e. The zero-order valence-electron chi connectivity index (χ0n) is 16.5. The van der Waals surface area contributed by atoms with Gasteiger partial charge in [0.2, 0.25) is 10.1 Å². The lowest BCUT2D eigenvalue weighted by molar-refractivity contribution is -0.274. The number of benzene rings is 1. The maximum atomic E-state index is 12.4. The summed E-state index contributed by atoms with van der Waals surface area (Å²) in [5.41, 5.74) is 1.08. The fourth-order valence-electron chi connectivity index (χ4n) is 3.41. The topological polar surface area (TPSA) is 57.9 Å². The van der Waals surface area contributed by atoms with E-state index in [9.17, 15) is 13.2 Å². The van der Waals surface area contributed by atoms with Crippen LogP contribution in [0.2, 0.25) is 0 Å². The van der Waals surface area contributed by atoms with Crippen molar-refractivity contribution >= 4 is 21.4 Å². The number of imidazole rings is 1. The number of hydrogen-bond acceptors (Lipinski definition) is 7. The van der Waals surface area contributed by atoms with Crippen molar-refractivity contribution in [3.8, 4) is 17.0 Å². The number of piperazine rings is 1. The molecular weight excluding hydrogens is 417 g/mol. The number of alkyl halides is 3. The molecule has 2 aromatic heterocycles. The van der Waals surface area contributed by atoms with E-state index >= 15 is 0 Å². The highest BCUT2D eigenvalue weighted by Crippen LogP contribution is 2.29. The quantitative estimate of drug-likeness (QED) is 0.608. The Balaban J connectivity index is 1.35. The monoisotopic (exact) mass is 440 g/mol. The molecule has 0 bridgehead atoms. The molecular formula is C19H23F3N6OS. The number of ether oxygens (including phenoxy) is 1. The van der Waals surface area contributed by atoms with Crippen LogP contribution < -0.4 is 10.1 Å². The second kappa shape index (κ2) is 8.78. The summed E-state index contributed by atoms with van der Waals surface area (Å²) in [5, 5.41) is 8.57. The van der Waals surface area contributed by atoms with Gasteiger partial charge in [-0.25, -0.2) is 9.50 Å². The molecule has 1 N–H and O–H groups in total. The number of rotatable bonds is 7. The van der Waals surface area contributed by atoms with Crippen LogP contribution in [0.3, 0.4) is 0 Å². The van der Waals surface area contributed by atoms with Gasteiger partial charge in [0.05, 0.1) is 11.9 Å². The molecule has 0 aliphatic carbocycles. The second-order valence-corrected chi connectivity index (χ2v) is 7.99. The van der Waals surface area contributed by atoms with Crippen molar-refractivity contribution in [2.24, 2.45) is 0 Å². The molecule has 4 rings (SSSR count). The molecule has 3 heterocycles. The molecule has 1 aliphatic heterocycles. The number of anilines is 1. The molecule has 1 saturated heterocycles. The van der Waals surface area contributed by atoms with Crippen LogP contribution in [0.4, 0.5) is 18.3 Å². The maximum absolute atomic E-state index is 12.4. The molecule has 0 amide bonds. The third-order valence-corrected chi connectivity index (χ3v) is 5.90. The number of aromatic nitrogens is 3. The van der Waals surface area contributed by atoms with Crippen LogP contribution in [0.5, 0.6) is 5.75 Å². The Morgan fingerprint density at radius 1 is 1.17 bits per heavy atom. The lowest BCUT2D eigenvalue weighted by Crippen LogP contribution is -2.47. The standard InChI is InChI=1S/C19H23F3N6OS/c1-2-26-8-10-27(11-9-26)7-6-23-17-25-28-13-16(24-18(28)30-17)14-4-3-5-15(12-14)29-19(20,21)22/h3-5,12-13H,2,6-11H2,1H3,(H,23,25). The van der Waals surface area contributed by atoms with Gasteiger partial charge in [0.1, 0.15) is 5.75 Å². The summed E-state index contributed by atoms with van der Waals surface area (Å²) in [6, 6.07) is 5.77. The molecule has 7 nitrogen and oxygen atoms in total. The first-order chi connectivity index (χ1) is 14.4. The van der Waals surface area contributed by atoms with Gasteiger partial charge in [-0.1, -0.05) is 30.4 Å². The third kappa shape index (κ3) is 5.21. The summed E-state index contributed by atoms with van der Waals surface area (Å²) in [6.45, 7) is 9.43. The Bertz CT molecular complexity index is 949. The van der Waals surface area contributed by atoms with Gasteiger partial charge in [0, 0.05) is 44.8 Å². The minimum Gasteiger partial charge on any atom is -0.406 e. The summed E-state index contributed by atoms with van der Waals surface area (Å²) in [4.78, 5) is 10.0. The predicted octanol–water partition coefficient (Wildman–Crippen LogP) is 3.41. The third-order valence-electron chi connectivity index (χ3n) is 5.02. The van der Waals surface area contributed by atoms with E-state index in [2.05, 4.69) is 36.9 Å². The molecule has 30 heavy (non-hydrogen) atoms. The SMILES string of the molecule is CCN1CCN(CCNc2nn3cc(-c4cccc(OC(F)(F)F)c4)nc3s2)CC1. The number of nitrogens with one attached hydrogen (secondary N) is 1. The number of halogens is 3. The average Bonchev–Trinajstić information content (AvgIpc) is 3.26. The van der Waals surface area contributed by atoms with E-state index in [1.807, 2.05) is 0 Å². The van der Waals surface area contributed by atoms with Crippen molar-refractivity contribution < 1.29 is 17.9 Å². The summed E-state index contributed by atoms with van der Waals surface area (Å²) in [7, 11) is 0. The molecule has 0 saturated carbocycles. The van der Waals surface area contributed by atoms with Crippen molar-refractivity contribution in [2.45, 2.75) is 13.3 Å². The number of nitrogens with zero attached hydrogens (tertiary/aromatic N) is 5. The van der Waals surface area contributed by atoms with Gasteiger partial charge in [-0.15, -0.1) is 18.3 Å². The Morgan fingerprint density at radius 2 is 1.93 bits per heavy atom. The number of likely N-dealkylation sites (N-methyl/N-ethyl adjacent to an activating group) is 1. The minimum absolute atomic E-state index is 0.272. The van der Waals surface area contributed by atoms with Crippen molar-refractivity contribution in [3.05, 3.63) is 30.5 Å². The summed E-state index contributed by atoms with van der Waals surface area (Å²) in [5.74, 6) is -0.272. The van der Waals surface area contributed by atoms with Gasteiger partial charge in [0.25, 0.3) is 0 Å². The van der Waals surface area contributed by atoms with Crippen molar-refractivity contribution in [1.82, 2.24) is 24.4 Å². The van der Waals surface area contributed by atoms with Gasteiger partial charge >= 0.3 is 6.36 Å². The van der Waals surface area contributed by atoms with Crippen LogP contribution in [0.25, 0.3) is 16.2 Å². The first-order valence-electron chi connectivity index (χ1n) is 9.80. The molecule has 0 unspecified atom stereocenters. The number of fused-ring (bicyclic) bond motifs is 1. The molecule has 1 aromatic carbocycles. The van der Waals surface area contributed by atoms with Crippen molar-refractivity contribution in [2.75, 3.05) is 51.1 Å². The molecule has 1 fully saturated rings.